The predicted octanol–water partition coefficient (Wildman–Crippen LogP) is 3.65. The van der Waals surface area contributed by atoms with Crippen molar-refractivity contribution in [2.75, 3.05) is 0 Å². The fraction of sp³-hybridized carbons (Fsp3) is 0.333. The van der Waals surface area contributed by atoms with Crippen molar-refractivity contribution in [1.82, 2.24) is 9.97 Å². The number of aromatic nitrogens is 2. The number of aromatic amines is 1. The van der Waals surface area contributed by atoms with Gasteiger partial charge in [0.1, 0.15) is 9.39 Å². The Labute approximate surface area is 126 Å². The molecule has 0 amide bonds. The van der Waals surface area contributed by atoms with Crippen molar-refractivity contribution in [3.8, 4) is 11.4 Å². The number of halogens is 1. The van der Waals surface area contributed by atoms with E-state index in [0.717, 1.165) is 16.8 Å². The van der Waals surface area contributed by atoms with E-state index < -0.39 is 0 Å². The maximum Gasteiger partial charge on any atom is 0.264 e. The van der Waals surface area contributed by atoms with E-state index in [9.17, 15) is 4.79 Å². The number of nitrogens with zero attached hydrogens (tertiary/aromatic N) is 1. The molecular formula is C15H17IN2O. The largest absolute Gasteiger partial charge is 0.306 e. The highest BCUT2D eigenvalue weighted by Gasteiger charge is 2.22. The summed E-state index contributed by atoms with van der Waals surface area (Å²) in [7, 11) is 0. The lowest BCUT2D eigenvalue weighted by Crippen LogP contribution is -2.24. The lowest BCUT2D eigenvalue weighted by atomic mass is 9.92. The average molecular weight is 368 g/mol. The van der Waals surface area contributed by atoms with E-state index in [1.54, 1.807) is 0 Å². The molecule has 2 rings (SSSR count). The monoisotopic (exact) mass is 368 g/mol. The van der Waals surface area contributed by atoms with Crippen LogP contribution in [0.25, 0.3) is 11.4 Å². The zero-order chi connectivity index (χ0) is 14.2. The van der Waals surface area contributed by atoms with Crippen LogP contribution in [0.15, 0.2) is 29.1 Å². The molecule has 0 radical (unpaired) electrons. The fourth-order valence-electron chi connectivity index (χ4n) is 1.92. The molecule has 1 heterocycles. The lowest BCUT2D eigenvalue weighted by molar-refractivity contribution is 0.562. The van der Waals surface area contributed by atoms with Gasteiger partial charge in [0, 0.05) is 11.0 Å². The van der Waals surface area contributed by atoms with Gasteiger partial charge in [0.2, 0.25) is 0 Å². The van der Waals surface area contributed by atoms with Crippen LogP contribution < -0.4 is 5.56 Å². The Morgan fingerprint density at radius 3 is 2.42 bits per heavy atom. The Morgan fingerprint density at radius 2 is 1.84 bits per heavy atom. The van der Waals surface area contributed by atoms with E-state index in [4.69, 9.17) is 0 Å². The minimum Gasteiger partial charge on any atom is -0.306 e. The molecule has 0 saturated carbocycles. The second kappa shape index (κ2) is 5.07. The number of rotatable bonds is 1. The quantitative estimate of drug-likeness (QED) is 0.782. The molecule has 0 spiro atoms. The summed E-state index contributed by atoms with van der Waals surface area (Å²) in [5.74, 6) is 0.647. The van der Waals surface area contributed by atoms with Crippen molar-refractivity contribution in [3.05, 3.63) is 49.4 Å². The Kier molecular flexibility index (Phi) is 3.80. The molecule has 100 valence electrons. The number of aryl methyl sites for hydroxylation is 1. The highest BCUT2D eigenvalue weighted by Crippen LogP contribution is 2.26. The molecule has 4 heteroatoms. The van der Waals surface area contributed by atoms with Gasteiger partial charge in [-0.1, -0.05) is 45.0 Å². The van der Waals surface area contributed by atoms with Crippen LogP contribution in [0.4, 0.5) is 0 Å². The number of benzene rings is 1. The van der Waals surface area contributed by atoms with Crippen molar-refractivity contribution >= 4 is 22.6 Å². The molecule has 0 aliphatic carbocycles. The van der Waals surface area contributed by atoms with Gasteiger partial charge in [0.25, 0.3) is 5.56 Å². The van der Waals surface area contributed by atoms with Crippen LogP contribution in [0.2, 0.25) is 0 Å². The summed E-state index contributed by atoms with van der Waals surface area (Å²) in [5.41, 5.74) is 2.70. The zero-order valence-corrected chi connectivity index (χ0v) is 13.7. The zero-order valence-electron chi connectivity index (χ0n) is 11.5. The van der Waals surface area contributed by atoms with Crippen molar-refractivity contribution in [2.45, 2.75) is 33.1 Å². The van der Waals surface area contributed by atoms with Gasteiger partial charge in [-0.25, -0.2) is 4.98 Å². The normalized spacial score (nSPS) is 11.6. The van der Waals surface area contributed by atoms with Gasteiger partial charge in [0.05, 0.1) is 5.69 Å². The highest BCUT2D eigenvalue weighted by atomic mass is 127. The van der Waals surface area contributed by atoms with Crippen molar-refractivity contribution in [3.63, 3.8) is 0 Å². The number of hydrogen-bond acceptors (Lipinski definition) is 2. The first kappa shape index (κ1) is 14.2. The molecule has 0 bridgehead atoms. The SMILES string of the molecule is Cc1ccccc1-c1nc(C(C)(C)C)c(I)c(=O)[nH]1. The smallest absolute Gasteiger partial charge is 0.264 e. The van der Waals surface area contributed by atoms with Crippen LogP contribution in [-0.2, 0) is 5.41 Å². The average Bonchev–Trinajstić information content (AvgIpc) is 2.31. The Morgan fingerprint density at radius 1 is 1.21 bits per heavy atom. The first-order valence-electron chi connectivity index (χ1n) is 6.17. The van der Waals surface area contributed by atoms with Crippen LogP contribution >= 0.6 is 22.6 Å². The Bertz CT molecular complexity index is 669. The molecule has 0 atom stereocenters. The van der Waals surface area contributed by atoms with Gasteiger partial charge in [-0.2, -0.15) is 0 Å². The summed E-state index contributed by atoms with van der Waals surface area (Å²) in [6.45, 7) is 8.22. The van der Waals surface area contributed by atoms with E-state index in [1.807, 2.05) is 31.2 Å². The molecular weight excluding hydrogens is 351 g/mol. The molecule has 0 fully saturated rings. The number of H-pyrrole nitrogens is 1. The van der Waals surface area contributed by atoms with Crippen LogP contribution in [-0.4, -0.2) is 9.97 Å². The van der Waals surface area contributed by atoms with E-state index >= 15 is 0 Å². The summed E-state index contributed by atoms with van der Waals surface area (Å²) in [5, 5.41) is 0. The third-order valence-electron chi connectivity index (χ3n) is 2.97. The molecule has 2 aromatic rings. The van der Waals surface area contributed by atoms with Crippen LogP contribution in [0.1, 0.15) is 32.0 Å². The maximum absolute atomic E-state index is 12.1. The van der Waals surface area contributed by atoms with E-state index in [1.165, 1.54) is 0 Å². The summed E-state index contributed by atoms with van der Waals surface area (Å²) < 4.78 is 0.669. The van der Waals surface area contributed by atoms with Gasteiger partial charge in [0.15, 0.2) is 0 Å². The topological polar surface area (TPSA) is 45.8 Å². The van der Waals surface area contributed by atoms with E-state index in [0.29, 0.717) is 9.39 Å². The van der Waals surface area contributed by atoms with Crippen LogP contribution in [0, 0.1) is 10.5 Å². The van der Waals surface area contributed by atoms with Crippen molar-refractivity contribution in [1.29, 1.82) is 0 Å². The molecule has 19 heavy (non-hydrogen) atoms. The second-order valence-corrected chi connectivity index (χ2v) is 6.72. The molecule has 1 N–H and O–H groups in total. The third kappa shape index (κ3) is 2.88. The van der Waals surface area contributed by atoms with Gasteiger partial charge in [-0.05, 0) is 35.1 Å². The minimum atomic E-state index is -0.151. The Balaban J connectivity index is 2.71. The fourth-order valence-corrected chi connectivity index (χ4v) is 2.99. The molecule has 1 aromatic heterocycles. The predicted molar refractivity (Wildman–Crippen MR) is 86.4 cm³/mol. The van der Waals surface area contributed by atoms with Gasteiger partial charge < -0.3 is 4.98 Å². The molecule has 0 aliphatic heterocycles. The van der Waals surface area contributed by atoms with E-state index in [2.05, 4.69) is 53.3 Å². The summed E-state index contributed by atoms with van der Waals surface area (Å²) >= 11 is 2.07. The van der Waals surface area contributed by atoms with Crippen molar-refractivity contribution in [2.24, 2.45) is 0 Å². The third-order valence-corrected chi connectivity index (χ3v) is 3.97. The summed E-state index contributed by atoms with van der Waals surface area (Å²) in [6, 6.07) is 7.93. The summed E-state index contributed by atoms with van der Waals surface area (Å²) in [4.78, 5) is 19.6. The second-order valence-electron chi connectivity index (χ2n) is 5.64. The minimum absolute atomic E-state index is 0.0706. The maximum atomic E-state index is 12.1. The molecule has 3 nitrogen and oxygen atoms in total. The molecule has 0 saturated heterocycles. The van der Waals surface area contributed by atoms with Gasteiger partial charge in [-0.15, -0.1) is 0 Å². The number of hydrogen-bond donors (Lipinski definition) is 1. The standard InChI is InChI=1S/C15H17IN2O/c1-9-7-5-6-8-10(9)13-17-12(15(2,3)4)11(16)14(19)18-13/h5-8H,1-4H3,(H,17,18,19). The Hall–Kier alpha value is -1.17. The van der Waals surface area contributed by atoms with Crippen molar-refractivity contribution < 1.29 is 0 Å². The van der Waals surface area contributed by atoms with Gasteiger partial charge >= 0.3 is 0 Å². The molecule has 1 aromatic carbocycles. The van der Waals surface area contributed by atoms with Gasteiger partial charge in [-0.3, -0.25) is 4.79 Å². The lowest BCUT2D eigenvalue weighted by Gasteiger charge is -2.20. The van der Waals surface area contributed by atoms with E-state index in [-0.39, 0.29) is 11.0 Å². The number of nitrogens with one attached hydrogen (secondary N) is 1. The van der Waals surface area contributed by atoms with Crippen LogP contribution in [0.5, 0.6) is 0 Å². The molecule has 0 unspecified atom stereocenters. The molecule has 0 aliphatic rings. The first-order chi connectivity index (χ1) is 8.80. The summed E-state index contributed by atoms with van der Waals surface area (Å²) in [6.07, 6.45) is 0. The highest BCUT2D eigenvalue weighted by molar-refractivity contribution is 14.1. The first-order valence-corrected chi connectivity index (χ1v) is 7.25. The van der Waals surface area contributed by atoms with Crippen LogP contribution in [0.3, 0.4) is 0 Å².